The minimum absolute atomic E-state index is 0.193. The van der Waals surface area contributed by atoms with Crippen LogP contribution >= 0.6 is 24.2 Å². The molecule has 1 N–H and O–H groups in total. The topological polar surface area (TPSA) is 64.6 Å². The van der Waals surface area contributed by atoms with E-state index in [0.717, 1.165) is 10.5 Å². The van der Waals surface area contributed by atoms with Gasteiger partial charge in [0.25, 0.3) is 0 Å². The molecule has 5 nitrogen and oxygen atoms in total. The summed E-state index contributed by atoms with van der Waals surface area (Å²) in [5, 5.41) is 3.71. The molecule has 172 valence electrons. The van der Waals surface area contributed by atoms with Crippen molar-refractivity contribution in [3.63, 3.8) is 0 Å². The van der Waals surface area contributed by atoms with Crippen LogP contribution in [0.1, 0.15) is 37.8 Å². The molecule has 0 saturated carbocycles. The van der Waals surface area contributed by atoms with Gasteiger partial charge in [-0.3, -0.25) is 0 Å². The Bertz CT molecular complexity index is 1150. The van der Waals surface area contributed by atoms with Crippen molar-refractivity contribution in [1.29, 1.82) is 0 Å². The number of rotatable bonds is 7. The molecular weight excluding hydrogens is 458 g/mol. The van der Waals surface area contributed by atoms with Crippen molar-refractivity contribution in [3.05, 3.63) is 93.3 Å². The Morgan fingerprint density at radius 1 is 1.00 bits per heavy atom. The van der Waals surface area contributed by atoms with Crippen LogP contribution in [0.3, 0.4) is 0 Å². The first-order chi connectivity index (χ1) is 15.9. The fourth-order valence-electron chi connectivity index (χ4n) is 3.72. The van der Waals surface area contributed by atoms with Crippen LogP contribution in [0, 0.1) is 0 Å². The molecule has 0 amide bonds. The van der Waals surface area contributed by atoms with Crippen LogP contribution in [-0.4, -0.2) is 25.2 Å². The molecule has 0 bridgehead atoms. The highest BCUT2D eigenvalue weighted by Crippen LogP contribution is 2.40. The number of nitrogens with one attached hydrogen (secondary N) is 1. The number of thiol groups is 1. The van der Waals surface area contributed by atoms with E-state index in [9.17, 15) is 9.59 Å². The first kappa shape index (κ1) is 24.7. The predicted octanol–water partition coefficient (Wildman–Crippen LogP) is 5.68. The third-order valence-electron chi connectivity index (χ3n) is 5.13. The Morgan fingerprint density at radius 2 is 1.67 bits per heavy atom. The summed E-state index contributed by atoms with van der Waals surface area (Å²) in [4.78, 5) is 27.0. The second-order valence-corrected chi connectivity index (χ2v) is 8.23. The van der Waals surface area contributed by atoms with Crippen LogP contribution in [0.4, 0.5) is 0 Å². The van der Waals surface area contributed by atoms with Crippen LogP contribution in [0.2, 0.25) is 5.02 Å². The summed E-state index contributed by atoms with van der Waals surface area (Å²) in [6.45, 7) is 5.67. The van der Waals surface area contributed by atoms with Crippen LogP contribution in [-0.2, 0) is 19.1 Å². The Labute approximate surface area is 204 Å². The number of carbonyl (C=O) groups is 2. The molecule has 7 heteroatoms. The van der Waals surface area contributed by atoms with Gasteiger partial charge in [-0.1, -0.05) is 48.0 Å². The standard InChI is InChI=1S/C26H26ClNO4S/c1-4-31-25(29)22-16(3)28-20(14-13-17-9-6-7-12-21(17)33)24(26(30)32-5-2)23(22)18-10-8-11-19(27)15-18/h6-15,23,28,33H,4-5H2,1-3H3. The van der Waals surface area contributed by atoms with Crippen LogP contribution in [0.5, 0.6) is 0 Å². The maximum absolute atomic E-state index is 13.2. The molecule has 1 aliphatic heterocycles. The van der Waals surface area contributed by atoms with Gasteiger partial charge in [-0.2, -0.15) is 0 Å². The molecule has 0 fully saturated rings. The second kappa shape index (κ2) is 11.3. The number of halogens is 1. The Balaban J connectivity index is 2.22. The molecule has 0 saturated heterocycles. The first-order valence-corrected chi connectivity index (χ1v) is 11.5. The lowest BCUT2D eigenvalue weighted by molar-refractivity contribution is -0.139. The summed E-state index contributed by atoms with van der Waals surface area (Å²) in [6.07, 6.45) is 3.66. The monoisotopic (exact) mass is 483 g/mol. The molecular formula is C26H26ClNO4S. The fraction of sp³-hybridized carbons (Fsp3) is 0.231. The molecule has 33 heavy (non-hydrogen) atoms. The summed E-state index contributed by atoms with van der Waals surface area (Å²) in [7, 11) is 0. The third kappa shape index (κ3) is 5.70. The SMILES string of the molecule is CCOC(=O)C1=C(C)NC(C=Cc2ccccc2S)=C(C(=O)OCC)C1c1cccc(Cl)c1. The van der Waals surface area contributed by atoms with E-state index in [-0.39, 0.29) is 13.2 Å². The largest absolute Gasteiger partial charge is 0.463 e. The molecule has 0 radical (unpaired) electrons. The number of hydrogen-bond acceptors (Lipinski definition) is 6. The van der Waals surface area contributed by atoms with Crippen molar-refractivity contribution in [2.24, 2.45) is 0 Å². The zero-order valence-electron chi connectivity index (χ0n) is 18.7. The number of ether oxygens (including phenoxy) is 2. The summed E-state index contributed by atoms with van der Waals surface area (Å²) >= 11 is 10.8. The summed E-state index contributed by atoms with van der Waals surface area (Å²) in [5.41, 5.74) is 3.34. The first-order valence-electron chi connectivity index (χ1n) is 10.6. The maximum Gasteiger partial charge on any atom is 0.337 e. The number of hydrogen-bond donors (Lipinski definition) is 2. The van der Waals surface area contributed by atoms with E-state index >= 15 is 0 Å². The number of dihydropyridines is 1. The van der Waals surface area contributed by atoms with Crippen molar-refractivity contribution in [2.75, 3.05) is 13.2 Å². The predicted molar refractivity (Wildman–Crippen MR) is 133 cm³/mol. The summed E-state index contributed by atoms with van der Waals surface area (Å²) in [6, 6.07) is 14.7. The van der Waals surface area contributed by atoms with E-state index in [0.29, 0.717) is 33.1 Å². The Hall–Kier alpha value is -2.96. The fourth-order valence-corrected chi connectivity index (χ4v) is 4.16. The van der Waals surface area contributed by atoms with Crippen molar-refractivity contribution in [2.45, 2.75) is 31.6 Å². The van der Waals surface area contributed by atoms with E-state index in [1.165, 1.54) is 0 Å². The van der Waals surface area contributed by atoms with Gasteiger partial charge in [0.1, 0.15) is 0 Å². The van der Waals surface area contributed by atoms with Gasteiger partial charge in [0.2, 0.25) is 0 Å². The van der Waals surface area contributed by atoms with Crippen molar-refractivity contribution >= 4 is 42.2 Å². The molecule has 2 aromatic rings. The average molecular weight is 484 g/mol. The van der Waals surface area contributed by atoms with Gasteiger partial charge >= 0.3 is 11.9 Å². The summed E-state index contributed by atoms with van der Waals surface area (Å²) in [5.74, 6) is -1.74. The van der Waals surface area contributed by atoms with Gasteiger partial charge in [0.05, 0.1) is 30.3 Å². The second-order valence-electron chi connectivity index (χ2n) is 7.31. The van der Waals surface area contributed by atoms with E-state index in [1.54, 1.807) is 45.0 Å². The van der Waals surface area contributed by atoms with Gasteiger partial charge < -0.3 is 14.8 Å². The molecule has 2 aromatic carbocycles. The van der Waals surface area contributed by atoms with E-state index in [4.69, 9.17) is 21.1 Å². The highest BCUT2D eigenvalue weighted by Gasteiger charge is 2.38. The Morgan fingerprint density at radius 3 is 2.30 bits per heavy atom. The van der Waals surface area contributed by atoms with Crippen molar-refractivity contribution in [3.8, 4) is 0 Å². The highest BCUT2D eigenvalue weighted by atomic mass is 35.5. The van der Waals surface area contributed by atoms with Gasteiger partial charge in [-0.05, 0) is 56.2 Å². The maximum atomic E-state index is 13.2. The summed E-state index contributed by atoms with van der Waals surface area (Å²) < 4.78 is 10.7. The number of allylic oxidation sites excluding steroid dienone is 2. The molecule has 0 aliphatic carbocycles. The molecule has 0 spiro atoms. The van der Waals surface area contributed by atoms with Crippen LogP contribution < -0.4 is 5.32 Å². The molecule has 0 aromatic heterocycles. The Kier molecular flexibility index (Phi) is 8.42. The number of carbonyl (C=O) groups excluding carboxylic acids is 2. The van der Waals surface area contributed by atoms with Gasteiger partial charge in [0.15, 0.2) is 0 Å². The molecule has 1 aliphatic rings. The van der Waals surface area contributed by atoms with Crippen LogP contribution in [0.25, 0.3) is 6.08 Å². The zero-order chi connectivity index (χ0) is 24.0. The number of benzene rings is 2. The zero-order valence-corrected chi connectivity index (χ0v) is 20.4. The van der Waals surface area contributed by atoms with Crippen molar-refractivity contribution < 1.29 is 19.1 Å². The minimum atomic E-state index is -0.714. The lowest BCUT2D eigenvalue weighted by atomic mass is 9.80. The van der Waals surface area contributed by atoms with Crippen molar-refractivity contribution in [1.82, 2.24) is 5.32 Å². The lowest BCUT2D eigenvalue weighted by Gasteiger charge is -2.30. The van der Waals surface area contributed by atoms with Crippen LogP contribution in [0.15, 0.2) is 82.0 Å². The highest BCUT2D eigenvalue weighted by molar-refractivity contribution is 7.80. The minimum Gasteiger partial charge on any atom is -0.463 e. The van der Waals surface area contributed by atoms with Gasteiger partial charge in [-0.15, -0.1) is 12.6 Å². The molecule has 1 atom stereocenters. The average Bonchev–Trinajstić information content (AvgIpc) is 2.78. The quantitative estimate of drug-likeness (QED) is 0.391. The molecule has 1 unspecified atom stereocenters. The number of esters is 2. The van der Waals surface area contributed by atoms with E-state index in [2.05, 4.69) is 17.9 Å². The third-order valence-corrected chi connectivity index (χ3v) is 5.78. The smallest absolute Gasteiger partial charge is 0.337 e. The van der Waals surface area contributed by atoms with Gasteiger partial charge in [0, 0.05) is 21.3 Å². The van der Waals surface area contributed by atoms with Gasteiger partial charge in [-0.25, -0.2) is 9.59 Å². The van der Waals surface area contributed by atoms with E-state index in [1.807, 2.05) is 36.4 Å². The molecule has 3 rings (SSSR count). The lowest BCUT2D eigenvalue weighted by Crippen LogP contribution is -2.33. The normalized spacial score (nSPS) is 16.1. The van der Waals surface area contributed by atoms with E-state index < -0.39 is 17.9 Å². The molecule has 1 heterocycles.